The summed E-state index contributed by atoms with van der Waals surface area (Å²) in [6, 6.07) is 12.0. The number of carbonyl (C=O) groups is 1. The Hall–Kier alpha value is -2.29. The van der Waals surface area contributed by atoms with E-state index in [0.717, 1.165) is 28.6 Å². The van der Waals surface area contributed by atoms with Gasteiger partial charge in [0, 0.05) is 18.7 Å². The van der Waals surface area contributed by atoms with Crippen molar-refractivity contribution in [3.05, 3.63) is 53.6 Å². The van der Waals surface area contributed by atoms with Gasteiger partial charge in [-0.3, -0.25) is 10.1 Å². The molecule has 0 radical (unpaired) electrons. The predicted molar refractivity (Wildman–Crippen MR) is 116 cm³/mol. The number of anilines is 1. The fraction of sp³-hybridized carbons (Fsp3) is 0.333. The Balaban J connectivity index is 1.51. The Morgan fingerprint density at radius 1 is 1.21 bits per heavy atom. The summed E-state index contributed by atoms with van der Waals surface area (Å²) >= 11 is 1.42. The summed E-state index contributed by atoms with van der Waals surface area (Å²) in [5.74, 6) is 0.0540. The van der Waals surface area contributed by atoms with Crippen LogP contribution in [0.3, 0.4) is 0 Å². The first-order chi connectivity index (χ1) is 13.8. The number of rotatable bonds is 4. The molecule has 1 aliphatic heterocycles. The average molecular weight is 430 g/mol. The van der Waals surface area contributed by atoms with Crippen molar-refractivity contribution in [3.8, 4) is 0 Å². The molecule has 8 heteroatoms. The first-order valence-electron chi connectivity index (χ1n) is 9.62. The minimum Gasteiger partial charge on any atom is -0.298 e. The molecule has 3 aromatic rings. The van der Waals surface area contributed by atoms with Crippen LogP contribution in [0.1, 0.15) is 35.7 Å². The van der Waals surface area contributed by atoms with Gasteiger partial charge in [-0.1, -0.05) is 30.4 Å². The Labute approximate surface area is 174 Å². The molecule has 0 saturated carbocycles. The number of carbonyl (C=O) groups excluding carboxylic acids is 1. The molecule has 0 spiro atoms. The van der Waals surface area contributed by atoms with Crippen molar-refractivity contribution in [1.29, 1.82) is 0 Å². The van der Waals surface area contributed by atoms with Gasteiger partial charge in [0.25, 0.3) is 5.91 Å². The van der Waals surface area contributed by atoms with E-state index in [1.165, 1.54) is 23.5 Å². The molecule has 1 unspecified atom stereocenters. The maximum absolute atomic E-state index is 12.9. The molecule has 1 amide bonds. The molecule has 2 aromatic carbocycles. The van der Waals surface area contributed by atoms with Gasteiger partial charge in [0.05, 0.1) is 15.1 Å². The minimum atomic E-state index is -3.53. The van der Waals surface area contributed by atoms with E-state index < -0.39 is 10.0 Å². The van der Waals surface area contributed by atoms with Crippen molar-refractivity contribution in [1.82, 2.24) is 9.29 Å². The van der Waals surface area contributed by atoms with Crippen LogP contribution >= 0.6 is 11.3 Å². The van der Waals surface area contributed by atoms with Gasteiger partial charge in [-0.2, -0.15) is 4.31 Å². The van der Waals surface area contributed by atoms with Gasteiger partial charge in [-0.25, -0.2) is 13.4 Å². The molecule has 1 saturated heterocycles. The molecule has 0 aliphatic carbocycles. The standard InChI is InChI=1S/C21H23N3O3S2/c1-14-5-4-12-24(13-14)29(26,27)17-10-8-16(9-11-17)20(25)23-21-22-19-15(2)6-3-7-18(19)28-21/h3,6-11,14H,4-5,12-13H2,1-2H3,(H,22,23,25). The van der Waals surface area contributed by atoms with Crippen LogP contribution < -0.4 is 5.32 Å². The normalized spacial score (nSPS) is 18.1. The summed E-state index contributed by atoms with van der Waals surface area (Å²) in [7, 11) is -3.53. The number of aryl methyl sites for hydroxylation is 1. The van der Waals surface area contributed by atoms with Crippen molar-refractivity contribution in [3.63, 3.8) is 0 Å². The number of sulfonamides is 1. The lowest BCUT2D eigenvalue weighted by molar-refractivity contribution is 0.102. The SMILES string of the molecule is Cc1cccc2sc(NC(=O)c3ccc(S(=O)(=O)N4CCCC(C)C4)cc3)nc12. The molecule has 6 nitrogen and oxygen atoms in total. The Morgan fingerprint density at radius 3 is 2.66 bits per heavy atom. The number of aromatic nitrogens is 1. The van der Waals surface area contributed by atoms with Crippen LogP contribution in [-0.2, 0) is 10.0 Å². The summed E-state index contributed by atoms with van der Waals surface area (Å²) < 4.78 is 28.3. The lowest BCUT2D eigenvalue weighted by Gasteiger charge is -2.30. The van der Waals surface area contributed by atoms with Crippen LogP contribution in [0, 0.1) is 12.8 Å². The number of nitrogens with one attached hydrogen (secondary N) is 1. The number of para-hydroxylation sites is 1. The summed E-state index contributed by atoms with van der Waals surface area (Å²) in [5.41, 5.74) is 2.33. The molecule has 0 bridgehead atoms. The predicted octanol–water partition coefficient (Wildman–Crippen LogP) is 4.28. The Morgan fingerprint density at radius 2 is 1.97 bits per heavy atom. The number of piperidine rings is 1. The fourth-order valence-corrected chi connectivity index (χ4v) is 6.14. The third kappa shape index (κ3) is 4.05. The first kappa shape index (κ1) is 20.0. The van der Waals surface area contributed by atoms with E-state index in [4.69, 9.17) is 0 Å². The van der Waals surface area contributed by atoms with Crippen LogP contribution in [-0.4, -0.2) is 36.7 Å². The zero-order chi connectivity index (χ0) is 20.6. The monoisotopic (exact) mass is 429 g/mol. The highest BCUT2D eigenvalue weighted by atomic mass is 32.2. The second kappa shape index (κ2) is 7.85. The van der Waals surface area contributed by atoms with Crippen molar-refractivity contribution in [2.24, 2.45) is 5.92 Å². The van der Waals surface area contributed by atoms with Crippen LogP contribution in [0.4, 0.5) is 5.13 Å². The molecule has 1 fully saturated rings. The third-order valence-corrected chi connectivity index (χ3v) is 8.03. The van der Waals surface area contributed by atoms with Gasteiger partial charge in [0.1, 0.15) is 0 Å². The third-order valence-electron chi connectivity index (χ3n) is 5.22. The average Bonchev–Trinajstić information content (AvgIpc) is 3.12. The largest absolute Gasteiger partial charge is 0.298 e. The zero-order valence-corrected chi connectivity index (χ0v) is 18.0. The van der Waals surface area contributed by atoms with Gasteiger partial charge >= 0.3 is 0 Å². The maximum atomic E-state index is 12.9. The fourth-order valence-electron chi connectivity index (χ4n) is 3.60. The number of nitrogens with zero attached hydrogens (tertiary/aromatic N) is 2. The molecular weight excluding hydrogens is 406 g/mol. The molecule has 29 heavy (non-hydrogen) atoms. The van der Waals surface area contributed by atoms with Crippen molar-refractivity contribution in [2.45, 2.75) is 31.6 Å². The van der Waals surface area contributed by atoms with E-state index in [2.05, 4.69) is 17.2 Å². The Kier molecular flexibility index (Phi) is 5.42. The number of thiazole rings is 1. The van der Waals surface area contributed by atoms with Crippen LogP contribution in [0.15, 0.2) is 47.4 Å². The lowest BCUT2D eigenvalue weighted by atomic mass is 10.0. The highest BCUT2D eigenvalue weighted by molar-refractivity contribution is 7.89. The summed E-state index contributed by atoms with van der Waals surface area (Å²) in [6.07, 6.45) is 1.93. The second-order valence-corrected chi connectivity index (χ2v) is 10.5. The van der Waals surface area contributed by atoms with Gasteiger partial charge in [-0.05, 0) is 61.6 Å². The summed E-state index contributed by atoms with van der Waals surface area (Å²) in [5, 5.41) is 3.34. The van der Waals surface area contributed by atoms with E-state index in [-0.39, 0.29) is 10.8 Å². The number of hydrogen-bond acceptors (Lipinski definition) is 5. The van der Waals surface area contributed by atoms with Crippen LogP contribution in [0.5, 0.6) is 0 Å². The number of fused-ring (bicyclic) bond motifs is 1. The van der Waals surface area contributed by atoms with E-state index >= 15 is 0 Å². The van der Waals surface area contributed by atoms with E-state index in [0.29, 0.717) is 29.7 Å². The second-order valence-electron chi connectivity index (χ2n) is 7.53. The maximum Gasteiger partial charge on any atom is 0.257 e. The molecule has 1 aromatic heterocycles. The highest BCUT2D eigenvalue weighted by Gasteiger charge is 2.28. The van der Waals surface area contributed by atoms with Crippen molar-refractivity contribution >= 4 is 42.6 Å². The van der Waals surface area contributed by atoms with E-state index in [1.807, 2.05) is 25.1 Å². The first-order valence-corrected chi connectivity index (χ1v) is 11.9. The molecule has 1 aliphatic rings. The van der Waals surface area contributed by atoms with Crippen LogP contribution in [0.25, 0.3) is 10.2 Å². The van der Waals surface area contributed by atoms with E-state index in [9.17, 15) is 13.2 Å². The van der Waals surface area contributed by atoms with Crippen molar-refractivity contribution < 1.29 is 13.2 Å². The minimum absolute atomic E-state index is 0.221. The van der Waals surface area contributed by atoms with Crippen LogP contribution in [0.2, 0.25) is 0 Å². The molecule has 152 valence electrons. The summed E-state index contributed by atoms with van der Waals surface area (Å²) in [4.78, 5) is 17.3. The molecule has 2 heterocycles. The molecule has 1 N–H and O–H groups in total. The number of benzene rings is 2. The molecular formula is C21H23N3O3S2. The smallest absolute Gasteiger partial charge is 0.257 e. The number of hydrogen-bond donors (Lipinski definition) is 1. The quantitative estimate of drug-likeness (QED) is 0.671. The van der Waals surface area contributed by atoms with Crippen molar-refractivity contribution in [2.75, 3.05) is 18.4 Å². The van der Waals surface area contributed by atoms with Gasteiger partial charge < -0.3 is 0 Å². The van der Waals surface area contributed by atoms with E-state index in [1.54, 1.807) is 16.4 Å². The number of amides is 1. The van der Waals surface area contributed by atoms with Gasteiger partial charge in [0.15, 0.2) is 5.13 Å². The van der Waals surface area contributed by atoms with Gasteiger partial charge in [0.2, 0.25) is 10.0 Å². The zero-order valence-electron chi connectivity index (χ0n) is 16.4. The lowest BCUT2D eigenvalue weighted by Crippen LogP contribution is -2.39. The highest BCUT2D eigenvalue weighted by Crippen LogP contribution is 2.28. The topological polar surface area (TPSA) is 79.4 Å². The Bertz CT molecular complexity index is 1150. The molecule has 4 rings (SSSR count). The summed E-state index contributed by atoms with van der Waals surface area (Å²) in [6.45, 7) is 5.14. The van der Waals surface area contributed by atoms with Gasteiger partial charge in [-0.15, -0.1) is 0 Å². The molecule has 1 atom stereocenters.